The zero-order valence-electron chi connectivity index (χ0n) is 16.2. The zero-order chi connectivity index (χ0) is 23.1. The van der Waals surface area contributed by atoms with Gasteiger partial charge in [-0.25, -0.2) is 0 Å². The SMILES string of the molecule is NC(C(=O)O)c1ccccc1.N[C@@H](CO)C(=O)O.N[C@@H](Cc1ccccc1)C(=O)O. The predicted octanol–water partition coefficient (Wildman–Crippen LogP) is -0.197. The first-order valence-corrected chi connectivity index (χ1v) is 8.75. The fourth-order valence-electron chi connectivity index (χ4n) is 1.84. The van der Waals surface area contributed by atoms with Crippen LogP contribution in [0.15, 0.2) is 60.7 Å². The van der Waals surface area contributed by atoms with E-state index in [1.165, 1.54) is 0 Å². The van der Waals surface area contributed by atoms with Crippen LogP contribution < -0.4 is 17.2 Å². The molecule has 0 spiro atoms. The van der Waals surface area contributed by atoms with Crippen molar-refractivity contribution in [1.82, 2.24) is 0 Å². The van der Waals surface area contributed by atoms with E-state index in [0.29, 0.717) is 12.0 Å². The molecule has 164 valence electrons. The van der Waals surface area contributed by atoms with Gasteiger partial charge in [-0.1, -0.05) is 60.7 Å². The van der Waals surface area contributed by atoms with E-state index >= 15 is 0 Å². The summed E-state index contributed by atoms with van der Waals surface area (Å²) >= 11 is 0. The van der Waals surface area contributed by atoms with Gasteiger partial charge in [-0.05, 0) is 17.5 Å². The zero-order valence-corrected chi connectivity index (χ0v) is 16.2. The third-order valence-corrected chi connectivity index (χ3v) is 3.55. The number of aliphatic hydroxyl groups is 1. The van der Waals surface area contributed by atoms with Crippen LogP contribution in [0.3, 0.4) is 0 Å². The third-order valence-electron chi connectivity index (χ3n) is 3.55. The number of aliphatic carboxylic acids is 3. The van der Waals surface area contributed by atoms with E-state index in [2.05, 4.69) is 0 Å². The number of carboxylic acid groups (broad SMARTS) is 3. The maximum absolute atomic E-state index is 10.4. The van der Waals surface area contributed by atoms with Crippen LogP contribution in [-0.2, 0) is 20.8 Å². The highest BCUT2D eigenvalue weighted by Gasteiger charge is 2.12. The summed E-state index contributed by atoms with van der Waals surface area (Å²) in [5.41, 5.74) is 17.0. The van der Waals surface area contributed by atoms with E-state index < -0.39 is 42.6 Å². The molecule has 0 fully saturated rings. The quantitative estimate of drug-likeness (QED) is 0.313. The van der Waals surface area contributed by atoms with E-state index in [1.807, 2.05) is 36.4 Å². The first kappa shape index (κ1) is 26.7. The van der Waals surface area contributed by atoms with Gasteiger partial charge in [0.2, 0.25) is 0 Å². The Bertz CT molecular complexity index is 772. The van der Waals surface area contributed by atoms with E-state index in [-0.39, 0.29) is 0 Å². The average Bonchev–Trinajstić information content (AvgIpc) is 2.74. The van der Waals surface area contributed by atoms with Crippen LogP contribution >= 0.6 is 0 Å². The molecule has 0 aliphatic carbocycles. The van der Waals surface area contributed by atoms with Gasteiger partial charge in [-0.2, -0.15) is 0 Å². The van der Waals surface area contributed by atoms with Gasteiger partial charge >= 0.3 is 17.9 Å². The maximum atomic E-state index is 10.4. The summed E-state index contributed by atoms with van der Waals surface area (Å²) in [7, 11) is 0. The number of hydrogen-bond acceptors (Lipinski definition) is 7. The van der Waals surface area contributed by atoms with Gasteiger partial charge < -0.3 is 37.6 Å². The van der Waals surface area contributed by atoms with Crippen molar-refractivity contribution in [3.63, 3.8) is 0 Å². The van der Waals surface area contributed by atoms with Gasteiger partial charge in [-0.3, -0.25) is 14.4 Å². The Kier molecular flexibility index (Phi) is 13.0. The fourth-order valence-corrected chi connectivity index (χ4v) is 1.84. The van der Waals surface area contributed by atoms with Crippen molar-refractivity contribution in [1.29, 1.82) is 0 Å². The van der Waals surface area contributed by atoms with Crippen molar-refractivity contribution in [2.75, 3.05) is 6.61 Å². The molecule has 1 unspecified atom stereocenters. The standard InChI is InChI=1S/C9H11NO2.C8H9NO2.C3H7NO3/c10-8(9(11)12)6-7-4-2-1-3-5-7;9-7(8(10)11)6-4-2-1-3-5-6;4-2(1-5)3(6)7/h1-5,8H,6,10H2,(H,11,12);1-5,7H,9H2,(H,10,11);2,5H,1,4H2,(H,6,7)/t8-;;2-/m0.0/s1. The van der Waals surface area contributed by atoms with Crippen molar-refractivity contribution in [2.45, 2.75) is 24.5 Å². The molecule has 2 aromatic carbocycles. The molecule has 0 bridgehead atoms. The van der Waals surface area contributed by atoms with Crippen LogP contribution in [0.4, 0.5) is 0 Å². The van der Waals surface area contributed by atoms with E-state index in [0.717, 1.165) is 5.56 Å². The second-order valence-electron chi connectivity index (χ2n) is 5.99. The van der Waals surface area contributed by atoms with Crippen molar-refractivity contribution in [3.05, 3.63) is 71.8 Å². The van der Waals surface area contributed by atoms with Gasteiger partial charge in [0.1, 0.15) is 18.1 Å². The van der Waals surface area contributed by atoms with Crippen LogP contribution in [0.2, 0.25) is 0 Å². The molecule has 0 heterocycles. The third kappa shape index (κ3) is 11.5. The summed E-state index contributed by atoms with van der Waals surface area (Å²) in [4.78, 5) is 30.4. The molecule has 30 heavy (non-hydrogen) atoms. The Hall–Kier alpha value is -3.31. The largest absolute Gasteiger partial charge is 0.480 e. The number of benzene rings is 2. The number of aliphatic hydroxyl groups excluding tert-OH is 1. The molecule has 0 radical (unpaired) electrons. The molecule has 0 saturated carbocycles. The Labute approximate surface area is 173 Å². The molecule has 2 rings (SSSR count). The van der Waals surface area contributed by atoms with Gasteiger partial charge in [0.15, 0.2) is 0 Å². The minimum atomic E-state index is -1.18. The van der Waals surface area contributed by atoms with Crippen LogP contribution in [0.25, 0.3) is 0 Å². The number of carbonyl (C=O) groups is 3. The molecule has 2 aromatic rings. The van der Waals surface area contributed by atoms with Crippen molar-refractivity contribution >= 4 is 17.9 Å². The lowest BCUT2D eigenvalue weighted by Crippen LogP contribution is -2.33. The molecule has 10 heteroatoms. The summed E-state index contributed by atoms with van der Waals surface area (Å²) in [6.07, 6.45) is 0.385. The second-order valence-corrected chi connectivity index (χ2v) is 5.99. The van der Waals surface area contributed by atoms with Crippen molar-refractivity contribution < 1.29 is 34.8 Å². The molecule has 10 N–H and O–H groups in total. The number of carboxylic acids is 3. The Morgan fingerprint density at radius 2 is 1.13 bits per heavy atom. The number of hydrogen-bond donors (Lipinski definition) is 7. The van der Waals surface area contributed by atoms with Crippen LogP contribution in [0.1, 0.15) is 17.2 Å². The molecule has 0 aromatic heterocycles. The minimum Gasteiger partial charge on any atom is -0.480 e. The highest BCUT2D eigenvalue weighted by Crippen LogP contribution is 2.08. The first-order valence-electron chi connectivity index (χ1n) is 8.75. The van der Waals surface area contributed by atoms with Crippen LogP contribution in [-0.4, -0.2) is 57.0 Å². The van der Waals surface area contributed by atoms with Crippen molar-refractivity contribution in [2.24, 2.45) is 17.2 Å². The summed E-state index contributed by atoms with van der Waals surface area (Å²) < 4.78 is 0. The molecule has 10 nitrogen and oxygen atoms in total. The van der Waals surface area contributed by atoms with Gasteiger partial charge in [-0.15, -0.1) is 0 Å². The monoisotopic (exact) mass is 421 g/mol. The summed E-state index contributed by atoms with van der Waals surface area (Å²) in [6, 6.07) is 15.2. The Morgan fingerprint density at radius 1 is 0.700 bits per heavy atom. The molecule has 0 aliphatic rings. The molecule has 0 saturated heterocycles. The number of rotatable bonds is 7. The lowest BCUT2D eigenvalue weighted by molar-refractivity contribution is -0.140. The predicted molar refractivity (Wildman–Crippen MR) is 109 cm³/mol. The smallest absolute Gasteiger partial charge is 0.325 e. The molecule has 0 amide bonds. The Balaban J connectivity index is 0.000000437. The topological polar surface area (TPSA) is 210 Å². The minimum absolute atomic E-state index is 0.385. The lowest BCUT2D eigenvalue weighted by Gasteiger charge is -2.04. The molecular weight excluding hydrogens is 394 g/mol. The summed E-state index contributed by atoms with van der Waals surface area (Å²) in [5, 5.41) is 32.9. The number of nitrogens with two attached hydrogens (primary N) is 3. The van der Waals surface area contributed by atoms with Gasteiger partial charge in [0.05, 0.1) is 6.61 Å². The van der Waals surface area contributed by atoms with Gasteiger partial charge in [0.25, 0.3) is 0 Å². The van der Waals surface area contributed by atoms with Crippen molar-refractivity contribution in [3.8, 4) is 0 Å². The highest BCUT2D eigenvalue weighted by atomic mass is 16.4. The fraction of sp³-hybridized carbons (Fsp3) is 0.250. The normalized spacial score (nSPS) is 12.7. The Morgan fingerprint density at radius 3 is 1.47 bits per heavy atom. The molecule has 0 aliphatic heterocycles. The molecular formula is C20H27N3O7. The maximum Gasteiger partial charge on any atom is 0.325 e. The van der Waals surface area contributed by atoms with E-state index in [4.69, 9.17) is 37.6 Å². The summed E-state index contributed by atoms with van der Waals surface area (Å²) in [5.74, 6) is -3.14. The lowest BCUT2D eigenvalue weighted by atomic mass is 10.1. The van der Waals surface area contributed by atoms with Gasteiger partial charge in [0, 0.05) is 0 Å². The van der Waals surface area contributed by atoms with Crippen LogP contribution in [0, 0.1) is 0 Å². The van der Waals surface area contributed by atoms with Crippen LogP contribution in [0.5, 0.6) is 0 Å². The average molecular weight is 421 g/mol. The summed E-state index contributed by atoms with van der Waals surface area (Å²) in [6.45, 7) is -0.505. The molecule has 3 atom stereocenters. The first-order chi connectivity index (χ1) is 14.1. The second kappa shape index (κ2) is 14.7. The van der Waals surface area contributed by atoms with E-state index in [9.17, 15) is 14.4 Å². The van der Waals surface area contributed by atoms with E-state index in [1.54, 1.807) is 24.3 Å². The highest BCUT2D eigenvalue weighted by molar-refractivity contribution is 5.75.